The largest absolute Gasteiger partial charge is 0.494 e. The van der Waals surface area contributed by atoms with Crippen molar-refractivity contribution in [2.45, 2.75) is 74.7 Å². The second-order valence-electron chi connectivity index (χ2n) is 9.68. The summed E-state index contributed by atoms with van der Waals surface area (Å²) in [6.45, 7) is 2.45. The first-order valence-electron chi connectivity index (χ1n) is 13.3. The molecule has 9 nitrogen and oxygen atoms in total. The van der Waals surface area contributed by atoms with Crippen molar-refractivity contribution in [3.8, 4) is 23.1 Å². The Kier molecular flexibility index (Phi) is 9.29. The molecule has 39 heavy (non-hydrogen) atoms. The number of methoxy groups -OCH3 is 2. The van der Waals surface area contributed by atoms with E-state index in [4.69, 9.17) is 14.2 Å². The summed E-state index contributed by atoms with van der Waals surface area (Å²) >= 11 is 0. The van der Waals surface area contributed by atoms with Crippen molar-refractivity contribution in [1.82, 2.24) is 9.55 Å². The van der Waals surface area contributed by atoms with E-state index in [2.05, 4.69) is 4.98 Å². The molecule has 1 fully saturated rings. The summed E-state index contributed by atoms with van der Waals surface area (Å²) in [6, 6.07) is 14.8. The fourth-order valence-corrected chi connectivity index (χ4v) is 6.90. The van der Waals surface area contributed by atoms with Crippen LogP contribution in [-0.4, -0.2) is 48.6 Å². The number of aryl methyl sites for hydroxylation is 1. The number of hydrogen-bond donors (Lipinski definition) is 1. The highest BCUT2D eigenvalue weighted by Gasteiger charge is 2.38. The number of sulfone groups is 1. The Balaban J connectivity index is 1.68. The van der Waals surface area contributed by atoms with Gasteiger partial charge in [0, 0.05) is 6.42 Å². The minimum Gasteiger partial charge on any atom is -0.494 e. The van der Waals surface area contributed by atoms with Gasteiger partial charge in [-0.15, -0.1) is 0 Å². The number of ether oxygens (including phenoxy) is 3. The van der Waals surface area contributed by atoms with Crippen LogP contribution >= 0.6 is 0 Å². The third-order valence-corrected chi connectivity index (χ3v) is 9.42. The number of nitrogens with zero attached hydrogens (tertiary/aromatic N) is 2. The number of unbranched alkanes of at least 4 members (excludes halogenated alkanes) is 1. The number of hydrogen-bond acceptors (Lipinski definition) is 8. The van der Waals surface area contributed by atoms with Gasteiger partial charge in [-0.3, -0.25) is 9.36 Å². The van der Waals surface area contributed by atoms with Gasteiger partial charge in [0.15, 0.2) is 14.7 Å². The van der Waals surface area contributed by atoms with Gasteiger partial charge in [0.1, 0.15) is 23.0 Å². The Bertz CT molecular complexity index is 1410. The summed E-state index contributed by atoms with van der Waals surface area (Å²) in [5.74, 6) is 0.111. The minimum absolute atomic E-state index is 0.0747. The van der Waals surface area contributed by atoms with E-state index in [1.165, 1.54) is 18.8 Å². The molecule has 0 amide bonds. The van der Waals surface area contributed by atoms with Crippen molar-refractivity contribution in [3.63, 3.8) is 0 Å². The topological polar surface area (TPSA) is 117 Å². The number of benzene rings is 2. The molecule has 1 saturated carbocycles. The highest BCUT2D eigenvalue weighted by molar-refractivity contribution is 7.92. The molecule has 0 aliphatic heterocycles. The van der Waals surface area contributed by atoms with E-state index in [1.807, 2.05) is 37.3 Å². The molecule has 0 bridgehead atoms. The second kappa shape index (κ2) is 12.7. The molecule has 2 aromatic carbocycles. The second-order valence-corrected chi connectivity index (χ2v) is 11.8. The molecule has 0 radical (unpaired) electrons. The van der Waals surface area contributed by atoms with Crippen molar-refractivity contribution in [1.29, 1.82) is 0 Å². The van der Waals surface area contributed by atoms with E-state index in [1.54, 1.807) is 18.2 Å². The molecule has 0 saturated heterocycles. The summed E-state index contributed by atoms with van der Waals surface area (Å²) in [4.78, 5) is 17.5. The summed E-state index contributed by atoms with van der Waals surface area (Å²) < 4.78 is 45.9. The van der Waals surface area contributed by atoms with Crippen LogP contribution in [0.4, 0.5) is 0 Å². The van der Waals surface area contributed by atoms with Crippen molar-refractivity contribution in [2.75, 3.05) is 14.2 Å². The molecular formula is C29H36N2O7S. The van der Waals surface area contributed by atoms with Crippen LogP contribution in [0, 0.1) is 0 Å². The molecule has 1 heterocycles. The third kappa shape index (κ3) is 6.12. The van der Waals surface area contributed by atoms with E-state index >= 15 is 0 Å². The monoisotopic (exact) mass is 556 g/mol. The smallest absolute Gasteiger partial charge is 0.281 e. The Hall–Kier alpha value is -3.37. The molecule has 10 heteroatoms. The number of rotatable bonds is 11. The zero-order valence-corrected chi connectivity index (χ0v) is 23.4. The Labute approximate surface area is 229 Å². The predicted octanol–water partition coefficient (Wildman–Crippen LogP) is 4.60. The molecule has 0 spiro atoms. The van der Waals surface area contributed by atoms with Crippen LogP contribution < -0.4 is 15.0 Å². The number of para-hydroxylation sites is 1. The molecule has 0 atom stereocenters. The van der Waals surface area contributed by atoms with Crippen LogP contribution in [0.1, 0.15) is 56.8 Å². The van der Waals surface area contributed by atoms with Crippen LogP contribution in [0.3, 0.4) is 0 Å². The van der Waals surface area contributed by atoms with Gasteiger partial charge in [-0.2, -0.15) is 4.98 Å². The normalized spacial score (nSPS) is 17.6. The Morgan fingerprint density at radius 3 is 2.21 bits per heavy atom. The molecule has 0 unspecified atom stereocenters. The van der Waals surface area contributed by atoms with Crippen LogP contribution in [0.15, 0.2) is 58.2 Å². The van der Waals surface area contributed by atoms with Gasteiger partial charge in [-0.1, -0.05) is 49.7 Å². The van der Waals surface area contributed by atoms with Gasteiger partial charge >= 0.3 is 0 Å². The zero-order valence-electron chi connectivity index (χ0n) is 22.6. The van der Waals surface area contributed by atoms with Crippen LogP contribution in [0.5, 0.6) is 17.4 Å². The van der Waals surface area contributed by atoms with Crippen molar-refractivity contribution in [3.05, 3.63) is 70.3 Å². The maximum absolute atomic E-state index is 14.0. The summed E-state index contributed by atoms with van der Waals surface area (Å²) in [5.41, 5.74) is 0.443. The number of aromatic hydroxyl groups is 1. The van der Waals surface area contributed by atoms with E-state index in [0.717, 1.165) is 12.0 Å². The first-order valence-corrected chi connectivity index (χ1v) is 14.8. The summed E-state index contributed by atoms with van der Waals surface area (Å²) in [5, 5.41) is 10.0. The highest BCUT2D eigenvalue weighted by Crippen LogP contribution is 2.36. The first kappa shape index (κ1) is 28.6. The fourth-order valence-electron chi connectivity index (χ4n) is 5.04. The average molecular weight is 557 g/mol. The molecule has 210 valence electrons. The molecule has 1 aromatic heterocycles. The van der Waals surface area contributed by atoms with Gasteiger partial charge in [0.25, 0.3) is 5.56 Å². The Morgan fingerprint density at radius 2 is 1.62 bits per heavy atom. The summed E-state index contributed by atoms with van der Waals surface area (Å²) in [6.07, 6.45) is 3.48. The molecule has 1 N–H and O–H groups in total. The van der Waals surface area contributed by atoms with Crippen LogP contribution in [0.2, 0.25) is 0 Å². The first-order chi connectivity index (χ1) is 18.8. The summed E-state index contributed by atoms with van der Waals surface area (Å²) in [7, 11) is -1.29. The van der Waals surface area contributed by atoms with Crippen molar-refractivity contribution in [2.24, 2.45) is 0 Å². The van der Waals surface area contributed by atoms with Crippen molar-refractivity contribution >= 4 is 9.84 Å². The van der Waals surface area contributed by atoms with Crippen molar-refractivity contribution < 1.29 is 27.7 Å². The van der Waals surface area contributed by atoms with Gasteiger partial charge in [0.05, 0.1) is 32.2 Å². The fraction of sp³-hybridized carbons (Fsp3) is 0.448. The van der Waals surface area contributed by atoms with E-state index < -0.39 is 31.4 Å². The molecule has 4 rings (SSSR count). The number of aromatic nitrogens is 2. The van der Waals surface area contributed by atoms with Gasteiger partial charge in [0.2, 0.25) is 5.88 Å². The van der Waals surface area contributed by atoms with Gasteiger partial charge in [-0.05, 0) is 49.8 Å². The standard InChI is InChI=1S/C29H36N2O7S/c1-4-5-14-25-30-28(32)27(29(33)31(25)26-23(36-2)12-9-13-24(26)37-3)39(34,35)22-17-15-21(16-18-22)38-19-20-10-7-6-8-11-20/h6-13,21-22,32H,4-5,14-19H2,1-3H3. The molecule has 3 aromatic rings. The minimum atomic E-state index is -4.20. The Morgan fingerprint density at radius 1 is 0.974 bits per heavy atom. The lowest BCUT2D eigenvalue weighted by Crippen LogP contribution is -2.36. The average Bonchev–Trinajstić information content (AvgIpc) is 2.95. The van der Waals surface area contributed by atoms with E-state index in [9.17, 15) is 18.3 Å². The predicted molar refractivity (Wildman–Crippen MR) is 148 cm³/mol. The molecule has 1 aliphatic rings. The maximum Gasteiger partial charge on any atom is 0.281 e. The van der Waals surface area contributed by atoms with E-state index in [0.29, 0.717) is 56.6 Å². The third-order valence-electron chi connectivity index (χ3n) is 7.15. The SMILES string of the molecule is CCCCc1nc(O)c(S(=O)(=O)C2CCC(OCc3ccccc3)CC2)c(=O)n1-c1c(OC)cccc1OC. The quantitative estimate of drug-likeness (QED) is 0.364. The molecular weight excluding hydrogens is 520 g/mol. The zero-order chi connectivity index (χ0) is 28.0. The highest BCUT2D eigenvalue weighted by atomic mass is 32.2. The van der Waals surface area contributed by atoms with Crippen LogP contribution in [-0.2, 0) is 27.6 Å². The lowest BCUT2D eigenvalue weighted by atomic mass is 9.97. The van der Waals surface area contributed by atoms with Crippen LogP contribution in [0.25, 0.3) is 5.69 Å². The lowest BCUT2D eigenvalue weighted by Gasteiger charge is -2.28. The van der Waals surface area contributed by atoms with E-state index in [-0.39, 0.29) is 17.6 Å². The van der Waals surface area contributed by atoms with Gasteiger partial charge < -0.3 is 19.3 Å². The van der Waals surface area contributed by atoms with Gasteiger partial charge in [-0.25, -0.2) is 8.42 Å². The maximum atomic E-state index is 14.0. The molecule has 1 aliphatic carbocycles. The lowest BCUT2D eigenvalue weighted by molar-refractivity contribution is 0.0174.